The predicted octanol–water partition coefficient (Wildman–Crippen LogP) is 1.78. The molecular formula is C14H18F2N2O2. The van der Waals surface area contributed by atoms with Crippen molar-refractivity contribution in [2.24, 2.45) is 5.92 Å². The molecule has 1 amide bonds. The van der Waals surface area contributed by atoms with E-state index in [4.69, 9.17) is 10.8 Å². The molecule has 4 nitrogen and oxygen atoms in total. The Bertz CT molecular complexity index is 506. The summed E-state index contributed by atoms with van der Waals surface area (Å²) >= 11 is 0. The highest BCUT2D eigenvalue weighted by molar-refractivity contribution is 5.95. The van der Waals surface area contributed by atoms with E-state index in [0.29, 0.717) is 25.6 Å². The zero-order valence-corrected chi connectivity index (χ0v) is 11.1. The van der Waals surface area contributed by atoms with Gasteiger partial charge in [-0.15, -0.1) is 0 Å². The minimum atomic E-state index is -0.897. The smallest absolute Gasteiger partial charge is 0.256 e. The average molecular weight is 284 g/mol. The number of hydrogen-bond acceptors (Lipinski definition) is 3. The Balaban J connectivity index is 2.16. The van der Waals surface area contributed by atoms with E-state index in [1.165, 1.54) is 0 Å². The molecule has 1 heterocycles. The van der Waals surface area contributed by atoms with E-state index in [1.54, 1.807) is 4.90 Å². The van der Waals surface area contributed by atoms with Crippen molar-refractivity contribution in [3.05, 3.63) is 29.3 Å². The lowest BCUT2D eigenvalue weighted by Gasteiger charge is -2.32. The number of hydrogen-bond donors (Lipinski definition) is 2. The summed E-state index contributed by atoms with van der Waals surface area (Å²) in [6.45, 7) is 1.10. The zero-order valence-electron chi connectivity index (χ0n) is 11.1. The van der Waals surface area contributed by atoms with Crippen LogP contribution in [-0.4, -0.2) is 35.6 Å². The van der Waals surface area contributed by atoms with Crippen LogP contribution in [0.5, 0.6) is 0 Å². The van der Waals surface area contributed by atoms with Gasteiger partial charge in [0.15, 0.2) is 0 Å². The van der Waals surface area contributed by atoms with Crippen molar-refractivity contribution in [3.8, 4) is 0 Å². The number of nitrogens with two attached hydrogens (primary N) is 1. The number of likely N-dealkylation sites (tertiary alicyclic amines) is 1. The van der Waals surface area contributed by atoms with E-state index in [-0.39, 0.29) is 23.8 Å². The first-order valence-corrected chi connectivity index (χ1v) is 6.67. The number of aliphatic hydroxyl groups is 1. The van der Waals surface area contributed by atoms with Crippen molar-refractivity contribution in [2.75, 3.05) is 25.4 Å². The second-order valence-electron chi connectivity index (χ2n) is 5.13. The van der Waals surface area contributed by atoms with Gasteiger partial charge in [-0.2, -0.15) is 0 Å². The summed E-state index contributed by atoms with van der Waals surface area (Å²) in [6.07, 6.45) is 2.38. The Morgan fingerprint density at radius 2 is 2.15 bits per heavy atom. The molecule has 3 N–H and O–H groups in total. The normalized spacial score (nSPS) is 19.1. The molecule has 1 fully saturated rings. The fourth-order valence-electron chi connectivity index (χ4n) is 2.57. The molecule has 0 radical (unpaired) electrons. The number of piperidine rings is 1. The zero-order chi connectivity index (χ0) is 14.7. The molecule has 0 spiro atoms. The van der Waals surface area contributed by atoms with E-state index in [0.717, 1.165) is 18.9 Å². The summed E-state index contributed by atoms with van der Waals surface area (Å²) in [4.78, 5) is 13.8. The molecule has 1 unspecified atom stereocenters. The molecule has 1 saturated heterocycles. The number of carbonyl (C=O) groups excluding carboxylic acids is 1. The molecule has 1 aromatic rings. The Kier molecular flexibility index (Phi) is 4.54. The van der Waals surface area contributed by atoms with Gasteiger partial charge >= 0.3 is 0 Å². The Hall–Kier alpha value is -1.69. The SMILES string of the molecule is Nc1cc(C(=O)N2CCCC(CCO)C2)c(F)cc1F. The number of aliphatic hydroxyl groups excluding tert-OH is 1. The monoisotopic (exact) mass is 284 g/mol. The number of nitrogen functional groups attached to an aromatic ring is 1. The van der Waals surface area contributed by atoms with Gasteiger partial charge in [-0.25, -0.2) is 8.78 Å². The Morgan fingerprint density at radius 3 is 2.85 bits per heavy atom. The van der Waals surface area contributed by atoms with Crippen LogP contribution in [0.3, 0.4) is 0 Å². The van der Waals surface area contributed by atoms with Gasteiger partial charge in [-0.1, -0.05) is 0 Å². The van der Waals surface area contributed by atoms with Crippen LogP contribution in [0.2, 0.25) is 0 Å². The molecule has 20 heavy (non-hydrogen) atoms. The maximum Gasteiger partial charge on any atom is 0.256 e. The lowest BCUT2D eigenvalue weighted by atomic mass is 9.94. The number of nitrogens with zero attached hydrogens (tertiary/aromatic N) is 1. The maximum absolute atomic E-state index is 13.7. The lowest BCUT2D eigenvalue weighted by molar-refractivity contribution is 0.0649. The Morgan fingerprint density at radius 1 is 1.40 bits per heavy atom. The van der Waals surface area contributed by atoms with Crippen LogP contribution in [0.1, 0.15) is 29.6 Å². The van der Waals surface area contributed by atoms with Crippen molar-refractivity contribution < 1.29 is 18.7 Å². The summed E-state index contributed by atoms with van der Waals surface area (Å²) in [7, 11) is 0. The number of rotatable bonds is 3. The van der Waals surface area contributed by atoms with Crippen molar-refractivity contribution in [1.82, 2.24) is 4.90 Å². The second kappa shape index (κ2) is 6.17. The third kappa shape index (κ3) is 3.07. The molecule has 0 aliphatic carbocycles. The van der Waals surface area contributed by atoms with Crippen LogP contribution in [0.15, 0.2) is 12.1 Å². The molecule has 1 atom stereocenters. The fraction of sp³-hybridized carbons (Fsp3) is 0.500. The summed E-state index contributed by atoms with van der Waals surface area (Å²) in [6, 6.07) is 1.68. The van der Waals surface area contributed by atoms with Crippen LogP contribution in [-0.2, 0) is 0 Å². The molecule has 0 bridgehead atoms. The van der Waals surface area contributed by atoms with Crippen LogP contribution in [0, 0.1) is 17.6 Å². The number of benzene rings is 1. The van der Waals surface area contributed by atoms with Gasteiger partial charge in [0, 0.05) is 25.8 Å². The molecular weight excluding hydrogens is 266 g/mol. The first-order chi connectivity index (χ1) is 9.52. The third-order valence-corrected chi connectivity index (χ3v) is 3.66. The number of amides is 1. The minimum Gasteiger partial charge on any atom is -0.396 e. The van der Waals surface area contributed by atoms with E-state index >= 15 is 0 Å². The highest BCUT2D eigenvalue weighted by atomic mass is 19.1. The highest BCUT2D eigenvalue weighted by Crippen LogP contribution is 2.23. The molecule has 6 heteroatoms. The van der Waals surface area contributed by atoms with Gasteiger partial charge in [0.05, 0.1) is 11.3 Å². The topological polar surface area (TPSA) is 66.6 Å². The quantitative estimate of drug-likeness (QED) is 0.831. The maximum atomic E-state index is 13.7. The highest BCUT2D eigenvalue weighted by Gasteiger charge is 2.26. The van der Waals surface area contributed by atoms with Crippen molar-refractivity contribution in [2.45, 2.75) is 19.3 Å². The molecule has 110 valence electrons. The average Bonchev–Trinajstić information content (AvgIpc) is 2.43. The summed E-state index contributed by atoms with van der Waals surface area (Å²) in [5.41, 5.74) is 4.95. The van der Waals surface area contributed by atoms with E-state index < -0.39 is 17.5 Å². The fourth-order valence-corrected chi connectivity index (χ4v) is 2.57. The third-order valence-electron chi connectivity index (χ3n) is 3.66. The molecule has 1 aliphatic rings. The molecule has 0 saturated carbocycles. The van der Waals surface area contributed by atoms with Crippen molar-refractivity contribution in [1.29, 1.82) is 0 Å². The van der Waals surface area contributed by atoms with Gasteiger partial charge in [0.1, 0.15) is 11.6 Å². The predicted molar refractivity (Wildman–Crippen MR) is 71.1 cm³/mol. The van der Waals surface area contributed by atoms with Gasteiger partial charge < -0.3 is 15.7 Å². The van der Waals surface area contributed by atoms with Crippen LogP contribution < -0.4 is 5.73 Å². The number of anilines is 1. The number of halogens is 2. The van der Waals surface area contributed by atoms with Crippen LogP contribution in [0.4, 0.5) is 14.5 Å². The standard InChI is InChI=1S/C14H18F2N2O2/c15-11-7-12(16)13(17)6-10(11)14(20)18-4-1-2-9(8-18)3-5-19/h6-7,9,19H,1-5,8,17H2. The molecule has 2 rings (SSSR count). The summed E-state index contributed by atoms with van der Waals surface area (Å²) in [5.74, 6) is -2.02. The second-order valence-corrected chi connectivity index (χ2v) is 5.13. The van der Waals surface area contributed by atoms with Crippen LogP contribution in [0.25, 0.3) is 0 Å². The van der Waals surface area contributed by atoms with E-state index in [9.17, 15) is 13.6 Å². The number of carbonyl (C=O) groups is 1. The molecule has 1 aromatic carbocycles. The molecule has 0 aromatic heterocycles. The van der Waals surface area contributed by atoms with Gasteiger partial charge in [-0.05, 0) is 31.2 Å². The van der Waals surface area contributed by atoms with Crippen LogP contribution >= 0.6 is 0 Å². The largest absolute Gasteiger partial charge is 0.396 e. The van der Waals surface area contributed by atoms with Crippen molar-refractivity contribution in [3.63, 3.8) is 0 Å². The van der Waals surface area contributed by atoms with Crippen molar-refractivity contribution >= 4 is 11.6 Å². The Labute approximate surface area is 116 Å². The summed E-state index contributed by atoms with van der Waals surface area (Å²) in [5, 5.41) is 8.95. The summed E-state index contributed by atoms with van der Waals surface area (Å²) < 4.78 is 26.8. The molecule has 1 aliphatic heterocycles. The van der Waals surface area contributed by atoms with Gasteiger partial charge in [0.25, 0.3) is 5.91 Å². The first kappa shape index (κ1) is 14.7. The lowest BCUT2D eigenvalue weighted by Crippen LogP contribution is -2.40. The van der Waals surface area contributed by atoms with Gasteiger partial charge in [0.2, 0.25) is 0 Å². The van der Waals surface area contributed by atoms with E-state index in [2.05, 4.69) is 0 Å². The van der Waals surface area contributed by atoms with Gasteiger partial charge in [-0.3, -0.25) is 4.79 Å². The minimum absolute atomic E-state index is 0.0740. The van der Waals surface area contributed by atoms with E-state index in [1.807, 2.05) is 0 Å². The first-order valence-electron chi connectivity index (χ1n) is 6.67.